The fourth-order valence-corrected chi connectivity index (χ4v) is 4.93. The third-order valence-electron chi connectivity index (χ3n) is 5.56. The van der Waals surface area contributed by atoms with Crippen LogP contribution in [0.1, 0.15) is 35.0 Å². The molecule has 1 aliphatic rings. The average Bonchev–Trinajstić information content (AvgIpc) is 3.29. The van der Waals surface area contributed by atoms with Gasteiger partial charge in [0.2, 0.25) is 5.91 Å². The Labute approximate surface area is 185 Å². The van der Waals surface area contributed by atoms with E-state index in [2.05, 4.69) is 15.2 Å². The van der Waals surface area contributed by atoms with E-state index in [0.717, 1.165) is 16.1 Å². The molecule has 3 aromatic rings. The number of hydrogen-bond donors (Lipinski definition) is 2. The minimum absolute atomic E-state index is 0.0535. The Morgan fingerprint density at radius 1 is 1.17 bits per heavy atom. The number of nitrogens with one attached hydrogen (secondary N) is 1. The topological polar surface area (TPSA) is 65.5 Å². The number of aliphatic hydroxyl groups is 1. The Kier molecular flexibility index (Phi) is 6.49. The fraction of sp³-hybridized carbons (Fsp3) is 0.304. The van der Waals surface area contributed by atoms with Crippen LogP contribution >= 0.6 is 22.9 Å². The Bertz CT molecular complexity index is 973. The number of thiazole rings is 1. The molecular weight excluding hydrogens is 418 g/mol. The summed E-state index contributed by atoms with van der Waals surface area (Å²) in [5.41, 5.74) is 0.829. The molecule has 1 aromatic heterocycles. The highest BCUT2D eigenvalue weighted by atomic mass is 35.5. The third-order valence-corrected chi connectivity index (χ3v) is 6.73. The zero-order valence-corrected chi connectivity index (χ0v) is 18.1. The van der Waals surface area contributed by atoms with Gasteiger partial charge in [0.05, 0.1) is 12.1 Å². The summed E-state index contributed by atoms with van der Waals surface area (Å²) in [4.78, 5) is 19.3. The van der Waals surface area contributed by atoms with Crippen LogP contribution in [0, 0.1) is 0 Å². The van der Waals surface area contributed by atoms with E-state index >= 15 is 0 Å². The second-order valence-electron chi connectivity index (χ2n) is 7.57. The van der Waals surface area contributed by atoms with Gasteiger partial charge in [-0.15, -0.1) is 11.3 Å². The van der Waals surface area contributed by atoms with Crippen molar-refractivity contribution in [3.63, 3.8) is 0 Å². The number of aromatic nitrogens is 1. The summed E-state index contributed by atoms with van der Waals surface area (Å²) >= 11 is 7.82. The summed E-state index contributed by atoms with van der Waals surface area (Å²) < 4.78 is 0. The number of piperidine rings is 1. The highest BCUT2D eigenvalue weighted by molar-refractivity contribution is 7.09. The fourth-order valence-electron chi connectivity index (χ4n) is 3.91. The Balaban J connectivity index is 1.38. The van der Waals surface area contributed by atoms with Crippen molar-refractivity contribution in [1.29, 1.82) is 0 Å². The first-order valence-electron chi connectivity index (χ1n) is 9.99. The van der Waals surface area contributed by atoms with Crippen LogP contribution in [0.4, 0.5) is 0 Å². The van der Waals surface area contributed by atoms with Crippen LogP contribution in [0.15, 0.2) is 66.2 Å². The van der Waals surface area contributed by atoms with Gasteiger partial charge in [0.1, 0.15) is 11.0 Å². The molecule has 0 radical (unpaired) electrons. The van der Waals surface area contributed by atoms with Crippen LogP contribution < -0.4 is 5.32 Å². The zero-order chi connectivity index (χ0) is 21.0. The lowest BCUT2D eigenvalue weighted by atomic mass is 9.84. The molecule has 30 heavy (non-hydrogen) atoms. The highest BCUT2D eigenvalue weighted by Gasteiger charge is 2.36. The Morgan fingerprint density at radius 2 is 1.87 bits per heavy atom. The smallest absolute Gasteiger partial charge is 0.235 e. The largest absolute Gasteiger partial charge is 0.385 e. The normalized spacial score (nSPS) is 17.4. The van der Waals surface area contributed by atoms with Crippen LogP contribution in [0.2, 0.25) is 5.02 Å². The summed E-state index contributed by atoms with van der Waals surface area (Å²) in [6.07, 6.45) is 2.83. The molecule has 7 heteroatoms. The van der Waals surface area contributed by atoms with Gasteiger partial charge in [0.15, 0.2) is 0 Å². The van der Waals surface area contributed by atoms with Crippen molar-refractivity contribution in [2.24, 2.45) is 0 Å². The molecular formula is C23H24ClN3O2S. The Hall–Kier alpha value is -2.25. The van der Waals surface area contributed by atoms with Crippen LogP contribution in [-0.4, -0.2) is 40.5 Å². The minimum Gasteiger partial charge on any atom is -0.385 e. The number of carbonyl (C=O) groups is 1. The van der Waals surface area contributed by atoms with Gasteiger partial charge in [0.25, 0.3) is 0 Å². The highest BCUT2D eigenvalue weighted by Crippen LogP contribution is 2.36. The summed E-state index contributed by atoms with van der Waals surface area (Å²) in [7, 11) is 0. The predicted octanol–water partition coefficient (Wildman–Crippen LogP) is 3.99. The van der Waals surface area contributed by atoms with E-state index in [1.165, 1.54) is 11.3 Å². The maximum Gasteiger partial charge on any atom is 0.235 e. The third kappa shape index (κ3) is 4.73. The van der Waals surface area contributed by atoms with E-state index in [1.807, 2.05) is 53.9 Å². The lowest BCUT2D eigenvalue weighted by molar-refractivity contribution is -0.124. The van der Waals surface area contributed by atoms with Crippen LogP contribution in [0.5, 0.6) is 0 Å². The molecule has 0 saturated carbocycles. The molecule has 1 atom stereocenters. The number of halogens is 1. The SMILES string of the molecule is O=C(CN1CCC(O)(c2ccccc2Cl)CC1)NC(c1ccccc1)c1nccs1. The monoisotopic (exact) mass is 441 g/mol. The number of hydrogen-bond acceptors (Lipinski definition) is 5. The van der Waals surface area contributed by atoms with E-state index in [1.54, 1.807) is 12.3 Å². The summed E-state index contributed by atoms with van der Waals surface area (Å²) in [5, 5.41) is 17.6. The molecule has 0 bridgehead atoms. The van der Waals surface area contributed by atoms with E-state index in [4.69, 9.17) is 11.6 Å². The van der Waals surface area contributed by atoms with Gasteiger partial charge in [-0.05, 0) is 24.5 Å². The van der Waals surface area contributed by atoms with Gasteiger partial charge in [-0.3, -0.25) is 9.69 Å². The van der Waals surface area contributed by atoms with Crippen molar-refractivity contribution in [2.75, 3.05) is 19.6 Å². The van der Waals surface area contributed by atoms with Crippen molar-refractivity contribution in [3.05, 3.63) is 87.3 Å². The molecule has 4 rings (SSSR count). The maximum absolute atomic E-state index is 12.8. The molecule has 1 amide bonds. The quantitative estimate of drug-likeness (QED) is 0.607. The number of benzene rings is 2. The second-order valence-corrected chi connectivity index (χ2v) is 8.90. The molecule has 1 fully saturated rings. The second kappa shape index (κ2) is 9.27. The Morgan fingerprint density at radius 3 is 2.53 bits per heavy atom. The maximum atomic E-state index is 12.8. The number of carbonyl (C=O) groups excluding carboxylic acids is 1. The van der Waals surface area contributed by atoms with Crippen LogP contribution in [0.3, 0.4) is 0 Å². The predicted molar refractivity (Wildman–Crippen MR) is 120 cm³/mol. The average molecular weight is 442 g/mol. The molecule has 1 saturated heterocycles. The molecule has 0 aliphatic carbocycles. The first-order valence-corrected chi connectivity index (χ1v) is 11.2. The number of likely N-dealkylation sites (tertiary alicyclic amines) is 1. The summed E-state index contributed by atoms with van der Waals surface area (Å²) in [5.74, 6) is -0.0535. The van der Waals surface area contributed by atoms with E-state index in [0.29, 0.717) is 31.0 Å². The van der Waals surface area contributed by atoms with Gasteiger partial charge in [-0.25, -0.2) is 4.98 Å². The van der Waals surface area contributed by atoms with Gasteiger partial charge < -0.3 is 10.4 Å². The number of rotatable bonds is 6. The molecule has 1 unspecified atom stereocenters. The van der Waals surface area contributed by atoms with Gasteiger partial charge >= 0.3 is 0 Å². The molecule has 5 nitrogen and oxygen atoms in total. The van der Waals surface area contributed by atoms with Crippen LogP contribution in [0.25, 0.3) is 0 Å². The van der Waals surface area contributed by atoms with E-state index in [-0.39, 0.29) is 18.5 Å². The molecule has 1 aliphatic heterocycles. The molecule has 156 valence electrons. The molecule has 2 N–H and O–H groups in total. The molecule has 2 aromatic carbocycles. The summed E-state index contributed by atoms with van der Waals surface area (Å²) in [6.45, 7) is 1.54. The minimum atomic E-state index is -0.946. The van der Waals surface area contributed by atoms with Crippen molar-refractivity contribution in [3.8, 4) is 0 Å². The van der Waals surface area contributed by atoms with Crippen molar-refractivity contribution in [2.45, 2.75) is 24.5 Å². The van der Waals surface area contributed by atoms with Gasteiger partial charge in [-0.1, -0.05) is 60.1 Å². The summed E-state index contributed by atoms with van der Waals surface area (Å²) in [6, 6.07) is 17.0. The van der Waals surface area contributed by atoms with Crippen molar-refractivity contribution >= 4 is 28.8 Å². The van der Waals surface area contributed by atoms with Crippen molar-refractivity contribution in [1.82, 2.24) is 15.2 Å². The van der Waals surface area contributed by atoms with Gasteiger partial charge in [0, 0.05) is 35.3 Å². The lowest BCUT2D eigenvalue weighted by Crippen LogP contribution is -2.47. The molecule has 0 spiro atoms. The van der Waals surface area contributed by atoms with E-state index < -0.39 is 5.60 Å². The number of amides is 1. The number of nitrogens with zero attached hydrogens (tertiary/aromatic N) is 2. The van der Waals surface area contributed by atoms with E-state index in [9.17, 15) is 9.90 Å². The molecule has 2 heterocycles. The van der Waals surface area contributed by atoms with Crippen LogP contribution in [-0.2, 0) is 10.4 Å². The first-order chi connectivity index (χ1) is 14.5. The lowest BCUT2D eigenvalue weighted by Gasteiger charge is -2.38. The van der Waals surface area contributed by atoms with Crippen molar-refractivity contribution < 1.29 is 9.90 Å². The standard InChI is InChI=1S/C23H24ClN3O2S/c24-19-9-5-4-8-18(19)23(29)10-13-27(14-11-23)16-20(28)26-21(22-25-12-15-30-22)17-6-2-1-3-7-17/h1-9,12,15,21,29H,10-11,13-14,16H2,(H,26,28). The first kappa shape index (κ1) is 21.0. The van der Waals surface area contributed by atoms with Gasteiger partial charge in [-0.2, -0.15) is 0 Å². The zero-order valence-electron chi connectivity index (χ0n) is 16.5.